The van der Waals surface area contributed by atoms with Gasteiger partial charge in [0.25, 0.3) is 11.8 Å². The highest BCUT2D eigenvalue weighted by Gasteiger charge is 2.37. The van der Waals surface area contributed by atoms with Crippen molar-refractivity contribution in [1.29, 1.82) is 0 Å². The average Bonchev–Trinajstić information content (AvgIpc) is 3.39. The highest BCUT2D eigenvalue weighted by atomic mass is 35.5. The Hall–Kier alpha value is -4.16. The Morgan fingerprint density at radius 3 is 2.41 bits per heavy atom. The summed E-state index contributed by atoms with van der Waals surface area (Å²) in [5, 5.41) is 9.42. The minimum atomic E-state index is -4.89. The summed E-state index contributed by atoms with van der Waals surface area (Å²) >= 11 is 12.8. The van der Waals surface area contributed by atoms with Crippen LogP contribution in [0, 0.1) is 0 Å². The van der Waals surface area contributed by atoms with Crippen molar-refractivity contribution in [3.63, 3.8) is 0 Å². The monoisotopic (exact) mass is 606 g/mol. The molecule has 0 radical (unpaired) electrons. The van der Waals surface area contributed by atoms with Gasteiger partial charge in [0.1, 0.15) is 5.69 Å². The van der Waals surface area contributed by atoms with Crippen molar-refractivity contribution in [2.75, 3.05) is 18.9 Å². The van der Waals surface area contributed by atoms with Crippen LogP contribution in [-0.4, -0.2) is 57.0 Å². The molecule has 2 heterocycles. The first-order valence-electron chi connectivity index (χ1n) is 12.1. The molecular formula is C27H23Cl2F3N6O3. The van der Waals surface area contributed by atoms with Gasteiger partial charge < -0.3 is 15.5 Å². The van der Waals surface area contributed by atoms with E-state index in [1.165, 1.54) is 29.3 Å². The normalized spacial score (nSPS) is 11.5. The lowest BCUT2D eigenvalue weighted by atomic mass is 10.0. The molecule has 4 rings (SSSR count). The molecule has 0 bridgehead atoms. The van der Waals surface area contributed by atoms with Crippen LogP contribution in [0.1, 0.15) is 40.4 Å². The van der Waals surface area contributed by atoms with E-state index in [1.807, 2.05) is 13.8 Å². The van der Waals surface area contributed by atoms with Gasteiger partial charge in [0, 0.05) is 30.7 Å². The smallest absolute Gasteiger partial charge is 0.343 e. The van der Waals surface area contributed by atoms with Gasteiger partial charge in [-0.15, -0.1) is 0 Å². The Kier molecular flexibility index (Phi) is 8.55. The third kappa shape index (κ3) is 6.28. The number of nitrogens with zero attached hydrogens (tertiary/aromatic N) is 4. The number of amides is 3. The Morgan fingerprint density at radius 2 is 1.76 bits per heavy atom. The number of carbonyl (C=O) groups excluding carboxylic acids is 3. The maximum absolute atomic E-state index is 13.6. The zero-order chi connectivity index (χ0) is 30.1. The van der Waals surface area contributed by atoms with Crippen molar-refractivity contribution in [3.05, 3.63) is 81.7 Å². The zero-order valence-corrected chi connectivity index (χ0v) is 23.4. The number of hydrogen-bond donors (Lipinski definition) is 2. The fourth-order valence-corrected chi connectivity index (χ4v) is 4.34. The van der Waals surface area contributed by atoms with Crippen LogP contribution in [-0.2, 0) is 11.0 Å². The van der Waals surface area contributed by atoms with Gasteiger partial charge in [-0.3, -0.25) is 14.4 Å². The summed E-state index contributed by atoms with van der Waals surface area (Å²) in [4.78, 5) is 44.6. The topological polar surface area (TPSA) is 109 Å². The molecule has 0 fully saturated rings. The molecule has 0 aliphatic carbocycles. The van der Waals surface area contributed by atoms with E-state index in [4.69, 9.17) is 23.2 Å². The zero-order valence-electron chi connectivity index (χ0n) is 21.9. The van der Waals surface area contributed by atoms with Crippen LogP contribution in [0.3, 0.4) is 0 Å². The second-order valence-corrected chi connectivity index (χ2v) is 9.99. The maximum Gasteiger partial charge on any atom is 0.435 e. The summed E-state index contributed by atoms with van der Waals surface area (Å²) in [6.45, 7) is 3.28. The molecule has 0 unspecified atom stereocenters. The maximum atomic E-state index is 13.6. The van der Waals surface area contributed by atoms with Gasteiger partial charge in [0.15, 0.2) is 11.5 Å². The van der Waals surface area contributed by atoms with E-state index in [1.54, 1.807) is 31.3 Å². The van der Waals surface area contributed by atoms with Gasteiger partial charge in [0.2, 0.25) is 5.91 Å². The molecule has 0 saturated heterocycles. The molecule has 0 atom stereocenters. The average molecular weight is 607 g/mol. The first kappa shape index (κ1) is 29.8. The van der Waals surface area contributed by atoms with Gasteiger partial charge in [0.05, 0.1) is 27.8 Å². The van der Waals surface area contributed by atoms with Gasteiger partial charge >= 0.3 is 6.18 Å². The molecular weight excluding hydrogens is 584 g/mol. The lowest BCUT2D eigenvalue weighted by molar-refractivity contribution is -0.141. The molecule has 2 aromatic heterocycles. The van der Waals surface area contributed by atoms with Crippen molar-refractivity contribution < 1.29 is 27.6 Å². The van der Waals surface area contributed by atoms with E-state index in [0.29, 0.717) is 21.5 Å². The predicted octanol–water partition coefficient (Wildman–Crippen LogP) is 5.60. The number of nitrogens with one attached hydrogen (secondary N) is 2. The number of alkyl halides is 3. The van der Waals surface area contributed by atoms with Crippen LogP contribution in [0.4, 0.5) is 18.9 Å². The van der Waals surface area contributed by atoms with Gasteiger partial charge in [-0.2, -0.15) is 18.3 Å². The molecule has 2 N–H and O–H groups in total. The van der Waals surface area contributed by atoms with Crippen molar-refractivity contribution in [2.24, 2.45) is 0 Å². The van der Waals surface area contributed by atoms with Crippen LogP contribution in [0.25, 0.3) is 16.6 Å². The number of anilines is 1. The molecule has 3 amide bonds. The molecule has 0 saturated carbocycles. The summed E-state index contributed by atoms with van der Waals surface area (Å²) < 4.78 is 41.4. The summed E-state index contributed by atoms with van der Waals surface area (Å²) in [5.41, 5.74) is -2.21. The van der Waals surface area contributed by atoms with Crippen LogP contribution >= 0.6 is 23.2 Å². The standard InChI is InChI=1S/C27H23Cl2F3N6O3/c1-14(2)37(3)21(39)13-34-25(40)17-11-15-7-4-5-8-16(15)22(29)23(17)35-26(41)19-12-20(27(30,31)32)36-38(19)24-18(28)9-6-10-33-24/h4-12,14H,13H2,1-3H3,(H,34,40)(H,35,41). The number of likely N-dealkylation sites (N-methyl/N-ethyl adjacent to an activating group) is 1. The summed E-state index contributed by atoms with van der Waals surface area (Å²) in [6, 6.07) is 11.5. The molecule has 41 heavy (non-hydrogen) atoms. The number of fused-ring (bicyclic) bond motifs is 1. The van der Waals surface area contributed by atoms with Crippen LogP contribution in [0.15, 0.2) is 54.7 Å². The minimum Gasteiger partial charge on any atom is -0.343 e. The number of carbonyl (C=O) groups is 3. The number of benzene rings is 2. The molecule has 0 spiro atoms. The lowest BCUT2D eigenvalue weighted by Crippen LogP contribution is -2.41. The minimum absolute atomic E-state index is 0.0368. The second kappa shape index (κ2) is 11.8. The van der Waals surface area contributed by atoms with Crippen molar-refractivity contribution in [1.82, 2.24) is 25.0 Å². The largest absolute Gasteiger partial charge is 0.435 e. The van der Waals surface area contributed by atoms with E-state index in [0.717, 1.165) is 0 Å². The van der Waals surface area contributed by atoms with Crippen LogP contribution in [0.5, 0.6) is 0 Å². The third-order valence-electron chi connectivity index (χ3n) is 6.21. The first-order chi connectivity index (χ1) is 19.3. The molecule has 0 aliphatic heterocycles. The quantitative estimate of drug-likeness (QED) is 0.285. The number of rotatable bonds is 7. The molecule has 14 heteroatoms. The van der Waals surface area contributed by atoms with E-state index < -0.39 is 29.4 Å². The van der Waals surface area contributed by atoms with Gasteiger partial charge in [-0.25, -0.2) is 9.67 Å². The highest BCUT2D eigenvalue weighted by molar-refractivity contribution is 6.40. The summed E-state index contributed by atoms with van der Waals surface area (Å²) in [5.74, 6) is -2.39. The summed E-state index contributed by atoms with van der Waals surface area (Å²) in [6.07, 6.45) is -3.61. The molecule has 0 aliphatic rings. The first-order valence-corrected chi connectivity index (χ1v) is 12.9. The summed E-state index contributed by atoms with van der Waals surface area (Å²) in [7, 11) is 1.59. The van der Waals surface area contributed by atoms with Crippen LogP contribution in [0.2, 0.25) is 10.0 Å². The molecule has 214 valence electrons. The predicted molar refractivity (Wildman–Crippen MR) is 149 cm³/mol. The molecule has 9 nitrogen and oxygen atoms in total. The fourth-order valence-electron chi connectivity index (χ4n) is 3.82. The number of halogens is 5. The van der Waals surface area contributed by atoms with Gasteiger partial charge in [-0.05, 0) is 37.4 Å². The Balaban J connectivity index is 1.77. The Bertz CT molecular complexity index is 1660. The Labute approximate surface area is 242 Å². The molecule has 4 aromatic rings. The van der Waals surface area contributed by atoms with E-state index in [9.17, 15) is 27.6 Å². The van der Waals surface area contributed by atoms with Crippen molar-refractivity contribution in [2.45, 2.75) is 26.1 Å². The number of pyridine rings is 1. The van der Waals surface area contributed by atoms with Gasteiger partial charge in [-0.1, -0.05) is 47.5 Å². The fraction of sp³-hybridized carbons (Fsp3) is 0.222. The van der Waals surface area contributed by atoms with Crippen molar-refractivity contribution >= 4 is 57.4 Å². The highest BCUT2D eigenvalue weighted by Crippen LogP contribution is 2.36. The third-order valence-corrected chi connectivity index (χ3v) is 6.90. The van der Waals surface area contributed by atoms with E-state index >= 15 is 0 Å². The van der Waals surface area contributed by atoms with Crippen molar-refractivity contribution in [3.8, 4) is 5.82 Å². The SMILES string of the molecule is CC(C)N(C)C(=O)CNC(=O)c1cc2ccccc2c(Cl)c1NC(=O)c1cc(C(F)(F)F)nn1-c1ncccc1Cl. The Morgan fingerprint density at radius 1 is 1.05 bits per heavy atom. The lowest BCUT2D eigenvalue weighted by Gasteiger charge is -2.22. The number of hydrogen-bond acceptors (Lipinski definition) is 5. The van der Waals surface area contributed by atoms with E-state index in [-0.39, 0.29) is 45.6 Å². The second-order valence-electron chi connectivity index (χ2n) is 9.20. The molecule has 2 aromatic carbocycles. The number of aromatic nitrogens is 3. The van der Waals surface area contributed by atoms with E-state index in [2.05, 4.69) is 20.7 Å². The van der Waals surface area contributed by atoms with Crippen LogP contribution < -0.4 is 10.6 Å².